The molecule has 0 spiro atoms. The average Bonchev–Trinajstić information content (AvgIpc) is 2.93. The summed E-state index contributed by atoms with van der Waals surface area (Å²) in [6.07, 6.45) is 13.7. The summed E-state index contributed by atoms with van der Waals surface area (Å²) in [5.41, 5.74) is -0.590. The van der Waals surface area contributed by atoms with Crippen molar-refractivity contribution in [1.29, 1.82) is 5.26 Å². The van der Waals surface area contributed by atoms with Gasteiger partial charge in [-0.25, -0.2) is 4.79 Å². The van der Waals surface area contributed by atoms with Crippen LogP contribution in [0.3, 0.4) is 0 Å². The van der Waals surface area contributed by atoms with Gasteiger partial charge in [-0.1, -0.05) is 60.1 Å². The van der Waals surface area contributed by atoms with Gasteiger partial charge in [0.25, 0.3) is 0 Å². The van der Waals surface area contributed by atoms with Crippen molar-refractivity contribution in [1.82, 2.24) is 10.2 Å². The first-order valence-electron chi connectivity index (χ1n) is 16.6. The van der Waals surface area contributed by atoms with Gasteiger partial charge >= 0.3 is 6.03 Å². The van der Waals surface area contributed by atoms with Gasteiger partial charge in [-0.15, -0.1) is 0 Å². The number of nitriles is 1. The maximum absolute atomic E-state index is 14.7. The Morgan fingerprint density at radius 1 is 0.952 bits per heavy atom. The first-order chi connectivity index (χ1) is 19.5. The second kappa shape index (κ2) is 9.29. The van der Waals surface area contributed by atoms with Gasteiger partial charge in [0.05, 0.1) is 5.57 Å². The minimum Gasteiger partial charge on any atom is -0.332 e. The van der Waals surface area contributed by atoms with Gasteiger partial charge < -0.3 is 10.2 Å². The van der Waals surface area contributed by atoms with Gasteiger partial charge in [0.1, 0.15) is 6.07 Å². The second-order valence-electron chi connectivity index (χ2n) is 16.9. The van der Waals surface area contributed by atoms with E-state index in [1.807, 2.05) is 30.9 Å². The summed E-state index contributed by atoms with van der Waals surface area (Å²) >= 11 is 0. The van der Waals surface area contributed by atoms with Crippen LogP contribution in [0.5, 0.6) is 0 Å². The number of likely N-dealkylation sites (tertiary alicyclic amines) is 1. The Labute approximate surface area is 252 Å². The second-order valence-corrected chi connectivity index (χ2v) is 16.9. The molecule has 228 valence electrons. The third-order valence-electron chi connectivity index (χ3n) is 13.9. The number of piperidine rings is 1. The van der Waals surface area contributed by atoms with Crippen LogP contribution < -0.4 is 5.32 Å². The fraction of sp³-hybridized carbons (Fsp3) is 0.778. The molecule has 1 N–H and O–H groups in total. The molecular weight excluding hydrogens is 522 g/mol. The average molecular weight is 574 g/mol. The number of ketones is 2. The van der Waals surface area contributed by atoms with Crippen molar-refractivity contribution in [3.8, 4) is 6.07 Å². The largest absolute Gasteiger partial charge is 0.332 e. The molecule has 1 aliphatic heterocycles. The molecule has 6 rings (SSSR count). The number of Topliss-reactive ketones (excluding diaryl/α,β-unsaturated/α-hetero) is 1. The number of amides is 2. The summed E-state index contributed by atoms with van der Waals surface area (Å²) in [6.45, 7) is 17.2. The molecule has 7 atom stereocenters. The Kier molecular flexibility index (Phi) is 6.56. The SMILES string of the molecule is CC1(C)CC[C@]2(NC(=O)N3CCCCC3)CC[C@]3(C)C(C(=O)C=C4[C@@]5(C)C=C(C#N)C(=O)C(C)(C)[C@@H]5CC[C@]43C)C2C1. The van der Waals surface area contributed by atoms with Crippen LogP contribution in [0.1, 0.15) is 113 Å². The Balaban J connectivity index is 1.45. The van der Waals surface area contributed by atoms with Crippen molar-refractivity contribution in [3.63, 3.8) is 0 Å². The van der Waals surface area contributed by atoms with Crippen LogP contribution in [0.2, 0.25) is 0 Å². The normalized spacial score (nSPS) is 43.9. The predicted molar refractivity (Wildman–Crippen MR) is 163 cm³/mol. The van der Waals surface area contributed by atoms with Gasteiger partial charge in [0.15, 0.2) is 11.6 Å². The first kappa shape index (κ1) is 29.6. The number of hydrogen-bond acceptors (Lipinski definition) is 4. The highest BCUT2D eigenvalue weighted by Crippen LogP contribution is 2.73. The Hall–Kier alpha value is -2.42. The third-order valence-corrected chi connectivity index (χ3v) is 13.9. The van der Waals surface area contributed by atoms with E-state index in [4.69, 9.17) is 0 Å². The van der Waals surface area contributed by atoms with Crippen molar-refractivity contribution in [2.24, 2.45) is 44.8 Å². The highest BCUT2D eigenvalue weighted by atomic mass is 16.2. The summed E-state index contributed by atoms with van der Waals surface area (Å²) < 4.78 is 0. The molecule has 0 aromatic heterocycles. The minimum absolute atomic E-state index is 0.0435. The molecule has 6 aliphatic rings. The lowest BCUT2D eigenvalue weighted by molar-refractivity contribution is -0.160. The van der Waals surface area contributed by atoms with Crippen molar-refractivity contribution in [3.05, 3.63) is 23.3 Å². The molecule has 0 aromatic rings. The molecule has 2 unspecified atom stereocenters. The van der Waals surface area contributed by atoms with Crippen molar-refractivity contribution in [2.45, 2.75) is 118 Å². The quantitative estimate of drug-likeness (QED) is 0.361. The topological polar surface area (TPSA) is 90.3 Å². The molecule has 2 amide bonds. The van der Waals surface area contributed by atoms with E-state index in [0.29, 0.717) is 0 Å². The summed E-state index contributed by atoms with van der Waals surface area (Å²) in [7, 11) is 0. The number of carbonyl (C=O) groups excluding carboxylic acids is 3. The lowest BCUT2D eigenvalue weighted by atomic mass is 9.35. The van der Waals surface area contributed by atoms with Crippen LogP contribution in [0.15, 0.2) is 23.3 Å². The Morgan fingerprint density at radius 2 is 1.62 bits per heavy atom. The lowest BCUT2D eigenvalue weighted by Gasteiger charge is -2.69. The van der Waals surface area contributed by atoms with Crippen molar-refractivity contribution < 1.29 is 14.4 Å². The van der Waals surface area contributed by atoms with Crippen molar-refractivity contribution >= 4 is 17.6 Å². The Morgan fingerprint density at radius 3 is 2.29 bits per heavy atom. The Bertz CT molecular complexity index is 1330. The number of fused-ring (bicyclic) bond motifs is 7. The van der Waals surface area contributed by atoms with E-state index in [1.54, 1.807) is 0 Å². The molecule has 42 heavy (non-hydrogen) atoms. The lowest BCUT2D eigenvalue weighted by Crippen LogP contribution is -2.70. The molecule has 4 fully saturated rings. The summed E-state index contributed by atoms with van der Waals surface area (Å²) in [6, 6.07) is 2.26. The first-order valence-corrected chi connectivity index (χ1v) is 16.6. The predicted octanol–water partition coefficient (Wildman–Crippen LogP) is 7.15. The maximum Gasteiger partial charge on any atom is 0.317 e. The van der Waals surface area contributed by atoms with Gasteiger partial charge in [0, 0.05) is 35.4 Å². The van der Waals surface area contributed by atoms with Crippen LogP contribution in [-0.4, -0.2) is 41.1 Å². The van der Waals surface area contributed by atoms with Gasteiger partial charge in [-0.3, -0.25) is 9.59 Å². The molecule has 0 bridgehead atoms. The smallest absolute Gasteiger partial charge is 0.317 e. The zero-order valence-corrected chi connectivity index (χ0v) is 27.0. The van der Waals surface area contributed by atoms with E-state index < -0.39 is 10.8 Å². The highest BCUT2D eigenvalue weighted by Gasteiger charge is 2.70. The van der Waals surface area contributed by atoms with Crippen LogP contribution in [0.25, 0.3) is 0 Å². The summed E-state index contributed by atoms with van der Waals surface area (Å²) in [4.78, 5) is 43.7. The standard InChI is InChI=1S/C36H51N3O3/c1-31(2)13-15-36(38-30(42)39-17-9-8-10-18-39)16-14-35(7)28(24(36)21-31)25(40)19-27-33(5)20-23(22-37)29(41)32(3,4)26(33)11-12-34(27,35)6/h19-20,24,26,28H,8-18,21H2,1-7H3,(H,38,42)/t24?,26-,28?,33-,34+,35+,36-/m0/s1. The molecule has 6 nitrogen and oxygen atoms in total. The molecule has 1 heterocycles. The van der Waals surface area contributed by atoms with E-state index in [-0.39, 0.29) is 62.7 Å². The van der Waals surface area contributed by atoms with E-state index in [0.717, 1.165) is 76.5 Å². The van der Waals surface area contributed by atoms with Crippen LogP contribution >= 0.6 is 0 Å². The minimum atomic E-state index is -0.661. The molecule has 6 heteroatoms. The van der Waals surface area contributed by atoms with E-state index in [1.165, 1.54) is 6.42 Å². The summed E-state index contributed by atoms with van der Waals surface area (Å²) in [5.74, 6) is 0.0729. The number of hydrogen-bond donors (Lipinski definition) is 1. The van der Waals surface area contributed by atoms with Gasteiger partial charge in [-0.05, 0) is 98.4 Å². The molecule has 1 saturated heterocycles. The molecule has 5 aliphatic carbocycles. The molecule has 0 aromatic carbocycles. The molecule has 0 radical (unpaired) electrons. The molecule has 3 saturated carbocycles. The van der Waals surface area contributed by atoms with E-state index in [2.05, 4.69) is 46.0 Å². The van der Waals surface area contributed by atoms with Crippen LogP contribution in [-0.2, 0) is 9.59 Å². The van der Waals surface area contributed by atoms with E-state index in [9.17, 15) is 19.6 Å². The number of urea groups is 1. The third kappa shape index (κ3) is 3.90. The number of nitrogens with zero attached hydrogens (tertiary/aromatic N) is 2. The summed E-state index contributed by atoms with van der Waals surface area (Å²) in [5, 5.41) is 13.6. The number of allylic oxidation sites excluding steroid dienone is 4. The van der Waals surface area contributed by atoms with Crippen LogP contribution in [0, 0.1) is 56.2 Å². The fourth-order valence-electron chi connectivity index (χ4n) is 11.2. The number of nitrogens with one attached hydrogen (secondary N) is 1. The fourth-order valence-corrected chi connectivity index (χ4v) is 11.2. The van der Waals surface area contributed by atoms with Crippen molar-refractivity contribution in [2.75, 3.05) is 13.1 Å². The van der Waals surface area contributed by atoms with Gasteiger partial charge in [-0.2, -0.15) is 5.26 Å². The zero-order valence-electron chi connectivity index (χ0n) is 27.0. The highest BCUT2D eigenvalue weighted by molar-refractivity contribution is 6.04. The monoisotopic (exact) mass is 573 g/mol. The van der Waals surface area contributed by atoms with E-state index >= 15 is 0 Å². The molecular formula is C36H51N3O3. The maximum atomic E-state index is 14.7. The number of rotatable bonds is 1. The van der Waals surface area contributed by atoms with Crippen LogP contribution in [0.4, 0.5) is 4.79 Å². The van der Waals surface area contributed by atoms with Gasteiger partial charge in [0.2, 0.25) is 0 Å². The number of carbonyl (C=O) groups is 3. The zero-order chi connectivity index (χ0) is 30.5.